The number of allylic oxidation sites excluding steroid dienone is 4. The first-order valence-corrected chi connectivity index (χ1v) is 13.6. The molecule has 1 aliphatic rings. The Morgan fingerprint density at radius 2 is 1.54 bits per heavy atom. The smallest absolute Gasteiger partial charge is 0.426 e. The van der Waals surface area contributed by atoms with E-state index in [1.54, 1.807) is 18.2 Å². The fourth-order valence-electron chi connectivity index (χ4n) is 5.09. The van der Waals surface area contributed by atoms with Crippen LogP contribution in [0.4, 0.5) is 4.79 Å². The van der Waals surface area contributed by atoms with Gasteiger partial charge in [-0.15, -0.1) is 0 Å². The van der Waals surface area contributed by atoms with Crippen molar-refractivity contribution in [1.82, 2.24) is 10.9 Å². The fourth-order valence-corrected chi connectivity index (χ4v) is 5.31. The summed E-state index contributed by atoms with van der Waals surface area (Å²) in [5.74, 6) is -0.626. The molecule has 2 N–H and O–H groups in total. The molecule has 1 aliphatic carbocycles. The Morgan fingerprint density at radius 1 is 0.854 bits per heavy atom. The lowest BCUT2D eigenvalue weighted by atomic mass is 9.96. The molecule has 4 aromatic carbocycles. The second kappa shape index (κ2) is 12.5. The summed E-state index contributed by atoms with van der Waals surface area (Å²) in [5, 5.41) is 0.516. The van der Waals surface area contributed by atoms with Gasteiger partial charge >= 0.3 is 6.09 Å². The third-order valence-electron chi connectivity index (χ3n) is 7.05. The van der Waals surface area contributed by atoms with Crippen LogP contribution >= 0.6 is 11.6 Å². The van der Waals surface area contributed by atoms with E-state index >= 15 is 0 Å². The number of halogens is 1. The molecular weight excluding hydrogens is 532 g/mol. The number of carbonyl (C=O) groups excluding carboxylic acids is 2. The summed E-state index contributed by atoms with van der Waals surface area (Å²) >= 11 is 6.48. The number of rotatable bonds is 7. The van der Waals surface area contributed by atoms with Gasteiger partial charge in [-0.25, -0.2) is 10.2 Å². The van der Waals surface area contributed by atoms with E-state index in [2.05, 4.69) is 17.4 Å². The van der Waals surface area contributed by atoms with Crippen molar-refractivity contribution in [2.75, 3.05) is 6.61 Å². The highest BCUT2D eigenvalue weighted by Crippen LogP contribution is 2.43. The number of amides is 2. The number of carbonyl (C=O) groups is 2. The minimum absolute atomic E-state index is 0.111. The van der Waals surface area contributed by atoms with Crippen LogP contribution in [-0.2, 0) is 4.74 Å². The van der Waals surface area contributed by atoms with Crippen LogP contribution in [0.2, 0.25) is 5.02 Å². The van der Waals surface area contributed by atoms with Crippen LogP contribution in [0.25, 0.3) is 27.8 Å². The number of fused-ring (bicyclic) bond motifs is 1. The van der Waals surface area contributed by atoms with Gasteiger partial charge in [-0.2, -0.15) is 0 Å². The maximum atomic E-state index is 12.9. The van der Waals surface area contributed by atoms with E-state index < -0.39 is 12.0 Å². The fraction of sp³-hybridized carbons (Fsp3) is 0.0857. The number of hydrogen-bond donors (Lipinski definition) is 2. The molecule has 0 fully saturated rings. The summed E-state index contributed by atoms with van der Waals surface area (Å²) < 4.78 is 5.51. The zero-order chi connectivity index (χ0) is 28.8. The topological polar surface area (TPSA) is 67.4 Å². The largest absolute Gasteiger partial charge is 0.447 e. The van der Waals surface area contributed by atoms with Gasteiger partial charge < -0.3 is 4.74 Å². The van der Waals surface area contributed by atoms with Crippen LogP contribution < -0.4 is 10.9 Å². The van der Waals surface area contributed by atoms with Gasteiger partial charge in [0.25, 0.3) is 5.91 Å². The average molecular weight is 561 g/mol. The van der Waals surface area contributed by atoms with Crippen LogP contribution in [0, 0.1) is 0 Å². The van der Waals surface area contributed by atoms with Gasteiger partial charge in [-0.1, -0.05) is 115 Å². The van der Waals surface area contributed by atoms with Gasteiger partial charge in [0, 0.05) is 22.1 Å². The summed E-state index contributed by atoms with van der Waals surface area (Å²) in [4.78, 5) is 25.4. The van der Waals surface area contributed by atoms with Crippen LogP contribution in [0.1, 0.15) is 34.3 Å². The second-order valence-electron chi connectivity index (χ2n) is 9.53. The normalized spacial score (nSPS) is 14.0. The lowest BCUT2D eigenvalue weighted by Crippen LogP contribution is -2.42. The monoisotopic (exact) mass is 560 g/mol. The molecule has 41 heavy (non-hydrogen) atoms. The van der Waals surface area contributed by atoms with E-state index in [1.807, 2.05) is 104 Å². The highest BCUT2D eigenvalue weighted by molar-refractivity contribution is 6.33. The summed E-state index contributed by atoms with van der Waals surface area (Å²) in [7, 11) is 0. The van der Waals surface area contributed by atoms with Gasteiger partial charge in [0.1, 0.15) is 6.61 Å². The Hall–Kier alpha value is -4.87. The first kappa shape index (κ1) is 27.7. The molecule has 0 heterocycles. The predicted octanol–water partition coefficient (Wildman–Crippen LogP) is 8.36. The van der Waals surface area contributed by atoms with Gasteiger partial charge in [-0.05, 0) is 64.1 Å². The molecule has 5 nitrogen and oxygen atoms in total. The molecule has 2 amide bonds. The number of nitrogens with one attached hydrogen (secondary N) is 2. The van der Waals surface area contributed by atoms with Crippen molar-refractivity contribution in [2.24, 2.45) is 0 Å². The Bertz CT molecular complexity index is 1660. The van der Waals surface area contributed by atoms with Gasteiger partial charge in [0.2, 0.25) is 0 Å². The number of ether oxygens (including phenoxy) is 1. The van der Waals surface area contributed by atoms with Crippen molar-refractivity contribution in [3.63, 3.8) is 0 Å². The lowest BCUT2D eigenvalue weighted by molar-refractivity contribution is 0.0908. The van der Waals surface area contributed by atoms with E-state index in [0.717, 1.165) is 39.0 Å². The highest BCUT2D eigenvalue weighted by atomic mass is 35.5. The molecule has 5 rings (SSSR count). The van der Waals surface area contributed by atoms with E-state index in [4.69, 9.17) is 16.3 Å². The third kappa shape index (κ3) is 6.01. The highest BCUT2D eigenvalue weighted by Gasteiger charge is 2.29. The minimum Gasteiger partial charge on any atom is -0.447 e. The third-order valence-corrected chi connectivity index (χ3v) is 7.38. The Kier molecular flexibility index (Phi) is 8.47. The molecule has 0 aromatic heterocycles. The zero-order valence-corrected chi connectivity index (χ0v) is 23.3. The Morgan fingerprint density at radius 3 is 2.27 bits per heavy atom. The number of benzene rings is 4. The van der Waals surface area contributed by atoms with Crippen molar-refractivity contribution >= 4 is 29.2 Å². The van der Waals surface area contributed by atoms with Crippen LogP contribution in [0.5, 0.6) is 0 Å². The van der Waals surface area contributed by atoms with Gasteiger partial charge in [0.15, 0.2) is 0 Å². The van der Waals surface area contributed by atoms with E-state index in [1.165, 1.54) is 0 Å². The molecule has 0 saturated carbocycles. The zero-order valence-electron chi connectivity index (χ0n) is 22.6. The summed E-state index contributed by atoms with van der Waals surface area (Å²) in [6, 6.07) is 31.0. The quantitative estimate of drug-likeness (QED) is 0.223. The first-order chi connectivity index (χ1) is 20.0. The van der Waals surface area contributed by atoms with Crippen LogP contribution in [0.3, 0.4) is 0 Å². The van der Waals surface area contributed by atoms with Crippen molar-refractivity contribution in [1.29, 1.82) is 0 Å². The number of hydrazine groups is 1. The molecule has 0 spiro atoms. The molecule has 0 aliphatic heterocycles. The van der Waals surface area contributed by atoms with E-state index in [-0.39, 0.29) is 12.5 Å². The minimum atomic E-state index is -0.756. The Labute approximate surface area is 244 Å². The molecule has 4 aromatic rings. The maximum absolute atomic E-state index is 12.9. The van der Waals surface area contributed by atoms with Gasteiger partial charge in [0.05, 0.1) is 0 Å². The molecule has 1 unspecified atom stereocenters. The molecule has 1 atom stereocenters. The lowest BCUT2D eigenvalue weighted by Gasteiger charge is -2.16. The predicted molar refractivity (Wildman–Crippen MR) is 165 cm³/mol. The molecule has 0 bridgehead atoms. The molecule has 6 heteroatoms. The van der Waals surface area contributed by atoms with Crippen molar-refractivity contribution < 1.29 is 14.3 Å². The Balaban J connectivity index is 1.22. The molecule has 0 saturated heterocycles. The summed E-state index contributed by atoms with van der Waals surface area (Å²) in [6.45, 7) is 6.02. The van der Waals surface area contributed by atoms with Crippen molar-refractivity contribution in [3.8, 4) is 22.3 Å². The first-order valence-electron chi connectivity index (χ1n) is 13.3. The average Bonchev–Trinajstić information content (AvgIpc) is 3.31. The van der Waals surface area contributed by atoms with Crippen molar-refractivity contribution in [2.45, 2.75) is 12.8 Å². The SMILES string of the molecule is C=CC1=C(/C=C\C)C(COC(=O)NNC(=O)c2ccc(Cl)c(-c3ccc(-c4ccccc4)cc3)c2)c2ccccc21. The second-order valence-corrected chi connectivity index (χ2v) is 9.94. The number of hydrogen-bond acceptors (Lipinski definition) is 3. The maximum Gasteiger partial charge on any atom is 0.426 e. The van der Waals surface area contributed by atoms with E-state index in [0.29, 0.717) is 16.1 Å². The van der Waals surface area contributed by atoms with Gasteiger partial charge in [-0.3, -0.25) is 10.2 Å². The molecule has 0 radical (unpaired) electrons. The summed E-state index contributed by atoms with van der Waals surface area (Å²) in [5.41, 5.74) is 13.1. The standard InChI is InChI=1S/C35H29ClN2O3/c1-3-10-28-27(4-2)29-13-8-9-14-30(29)32(28)22-41-35(40)38-37-34(39)26-19-20-33(36)31(21-26)25-17-15-24(16-18-25)23-11-6-5-7-12-23/h3-21,32H,2,22H2,1H3,(H,37,39)(H,38,40)/b10-3-. The van der Waals surface area contributed by atoms with Crippen molar-refractivity contribution in [3.05, 3.63) is 149 Å². The van der Waals surface area contributed by atoms with Crippen LogP contribution in [0.15, 0.2) is 127 Å². The van der Waals surface area contributed by atoms with E-state index in [9.17, 15) is 9.59 Å². The molecule has 204 valence electrons. The summed E-state index contributed by atoms with van der Waals surface area (Å²) in [6.07, 6.45) is 5.04. The van der Waals surface area contributed by atoms with Crippen LogP contribution in [-0.4, -0.2) is 18.6 Å². The molecular formula is C35H29ClN2O3.